The Morgan fingerprint density at radius 3 is 2.50 bits per heavy atom. The number of nitrogens with zero attached hydrogens (tertiary/aromatic N) is 2. The summed E-state index contributed by atoms with van der Waals surface area (Å²) in [6.07, 6.45) is 3.05. The fraction of sp³-hybridized carbons (Fsp3) is 0.650. The molecule has 1 aromatic carbocycles. The molecule has 0 radical (unpaired) electrons. The molecule has 26 heavy (non-hydrogen) atoms. The average molecular weight is 402 g/mol. The summed E-state index contributed by atoms with van der Waals surface area (Å²) in [5, 5.41) is 0. The van der Waals surface area contributed by atoms with Gasteiger partial charge in [0, 0.05) is 32.2 Å². The summed E-state index contributed by atoms with van der Waals surface area (Å²) >= 11 is 0. The summed E-state index contributed by atoms with van der Waals surface area (Å²) < 4.78 is 0. The van der Waals surface area contributed by atoms with Crippen molar-refractivity contribution in [3.63, 3.8) is 0 Å². The van der Waals surface area contributed by atoms with Crippen molar-refractivity contribution in [2.45, 2.75) is 45.7 Å². The summed E-state index contributed by atoms with van der Waals surface area (Å²) in [6, 6.07) is 10.7. The number of likely N-dealkylation sites (tertiary alicyclic amines) is 2. The number of piperidine rings is 2. The van der Waals surface area contributed by atoms with Crippen LogP contribution in [0.1, 0.15) is 38.7 Å². The van der Waals surface area contributed by atoms with Crippen molar-refractivity contribution in [1.29, 1.82) is 0 Å². The highest BCUT2D eigenvalue weighted by molar-refractivity contribution is 5.85. The van der Waals surface area contributed by atoms with Crippen molar-refractivity contribution in [2.24, 2.45) is 17.1 Å². The zero-order chi connectivity index (χ0) is 17.2. The monoisotopic (exact) mass is 401 g/mol. The van der Waals surface area contributed by atoms with E-state index in [0.717, 1.165) is 52.0 Å². The lowest BCUT2D eigenvalue weighted by Crippen LogP contribution is -2.56. The predicted octanol–water partition coefficient (Wildman–Crippen LogP) is 3.33. The van der Waals surface area contributed by atoms with E-state index in [1.807, 2.05) is 0 Å². The lowest BCUT2D eigenvalue weighted by Gasteiger charge is -2.44. The lowest BCUT2D eigenvalue weighted by atomic mass is 9.79. The molecule has 2 heterocycles. The number of nitrogens with two attached hydrogens (primary N) is 1. The highest BCUT2D eigenvalue weighted by Crippen LogP contribution is 2.30. The number of carbonyl (C=O) groups excluding carboxylic acids is 1. The van der Waals surface area contributed by atoms with E-state index in [0.29, 0.717) is 5.91 Å². The Kier molecular flexibility index (Phi) is 8.87. The second-order valence-electron chi connectivity index (χ2n) is 8.20. The SMILES string of the molecule is CC1(C)CN(C(=O)C2CCCN(Cc3ccccc3)C2)CCC1N.Cl.Cl. The molecule has 3 rings (SSSR count). The maximum Gasteiger partial charge on any atom is 0.226 e. The normalized spacial score (nSPS) is 25.7. The number of rotatable bonds is 3. The van der Waals surface area contributed by atoms with Gasteiger partial charge in [0.05, 0.1) is 5.92 Å². The molecule has 4 nitrogen and oxygen atoms in total. The number of benzene rings is 1. The Morgan fingerprint density at radius 1 is 1.15 bits per heavy atom. The molecule has 2 unspecified atom stereocenters. The van der Waals surface area contributed by atoms with Crippen molar-refractivity contribution in [1.82, 2.24) is 9.80 Å². The molecular weight excluding hydrogens is 369 g/mol. The van der Waals surface area contributed by atoms with E-state index in [2.05, 4.69) is 54.0 Å². The van der Waals surface area contributed by atoms with Gasteiger partial charge in [-0.15, -0.1) is 24.8 Å². The van der Waals surface area contributed by atoms with Crippen LogP contribution in [0.2, 0.25) is 0 Å². The standard InChI is InChI=1S/C20H31N3O.2ClH/c1-20(2)15-23(12-10-18(20)21)19(24)17-9-6-11-22(14-17)13-16-7-4-3-5-8-16;;/h3-5,7-8,17-18H,6,9-15,21H2,1-2H3;2*1H. The van der Waals surface area contributed by atoms with Gasteiger partial charge in [0.15, 0.2) is 0 Å². The summed E-state index contributed by atoms with van der Waals surface area (Å²) in [6.45, 7) is 8.90. The van der Waals surface area contributed by atoms with Gasteiger partial charge >= 0.3 is 0 Å². The predicted molar refractivity (Wildman–Crippen MR) is 112 cm³/mol. The molecule has 0 spiro atoms. The summed E-state index contributed by atoms with van der Waals surface area (Å²) in [4.78, 5) is 17.5. The fourth-order valence-electron chi connectivity index (χ4n) is 4.06. The molecular formula is C20H33Cl2N3O. The van der Waals surface area contributed by atoms with E-state index >= 15 is 0 Å². The van der Waals surface area contributed by atoms with Crippen LogP contribution in [0.3, 0.4) is 0 Å². The Balaban J connectivity index is 0.00000169. The molecule has 2 N–H and O–H groups in total. The highest BCUT2D eigenvalue weighted by atomic mass is 35.5. The van der Waals surface area contributed by atoms with Crippen molar-refractivity contribution >= 4 is 30.7 Å². The minimum absolute atomic E-state index is 0. The van der Waals surface area contributed by atoms with Gasteiger partial charge in [-0.05, 0) is 36.8 Å². The summed E-state index contributed by atoms with van der Waals surface area (Å²) in [5.41, 5.74) is 7.56. The largest absolute Gasteiger partial charge is 0.342 e. The molecule has 2 aliphatic heterocycles. The topological polar surface area (TPSA) is 49.6 Å². The number of carbonyl (C=O) groups is 1. The quantitative estimate of drug-likeness (QED) is 0.844. The molecule has 1 aromatic rings. The molecule has 2 saturated heterocycles. The van der Waals surface area contributed by atoms with Gasteiger partial charge < -0.3 is 10.6 Å². The third kappa shape index (κ3) is 5.59. The zero-order valence-corrected chi connectivity index (χ0v) is 17.5. The number of hydrogen-bond acceptors (Lipinski definition) is 3. The first-order chi connectivity index (χ1) is 11.5. The molecule has 2 aliphatic rings. The fourth-order valence-corrected chi connectivity index (χ4v) is 4.06. The second-order valence-corrected chi connectivity index (χ2v) is 8.20. The van der Waals surface area contributed by atoms with Crippen LogP contribution < -0.4 is 5.73 Å². The van der Waals surface area contributed by atoms with E-state index in [9.17, 15) is 4.79 Å². The smallest absolute Gasteiger partial charge is 0.226 e. The molecule has 148 valence electrons. The van der Waals surface area contributed by atoms with Crippen LogP contribution in [0.25, 0.3) is 0 Å². The molecule has 1 amide bonds. The Morgan fingerprint density at radius 2 is 1.85 bits per heavy atom. The van der Waals surface area contributed by atoms with E-state index in [1.165, 1.54) is 5.56 Å². The van der Waals surface area contributed by atoms with Crippen LogP contribution in [-0.2, 0) is 11.3 Å². The molecule has 2 atom stereocenters. The first-order valence-electron chi connectivity index (χ1n) is 9.26. The highest BCUT2D eigenvalue weighted by Gasteiger charge is 2.38. The molecule has 2 fully saturated rings. The van der Waals surface area contributed by atoms with Gasteiger partial charge in [0.1, 0.15) is 0 Å². The second kappa shape index (κ2) is 9.93. The summed E-state index contributed by atoms with van der Waals surface area (Å²) in [7, 11) is 0. The molecule has 0 bridgehead atoms. The summed E-state index contributed by atoms with van der Waals surface area (Å²) in [5.74, 6) is 0.486. The number of amides is 1. The zero-order valence-electron chi connectivity index (χ0n) is 15.9. The third-order valence-electron chi connectivity index (χ3n) is 5.73. The average Bonchev–Trinajstić information content (AvgIpc) is 2.58. The van der Waals surface area contributed by atoms with Crippen molar-refractivity contribution in [2.75, 3.05) is 26.2 Å². The van der Waals surface area contributed by atoms with Crippen LogP contribution in [0.5, 0.6) is 0 Å². The van der Waals surface area contributed by atoms with E-state index in [4.69, 9.17) is 5.73 Å². The minimum Gasteiger partial charge on any atom is -0.342 e. The van der Waals surface area contributed by atoms with Gasteiger partial charge in [-0.2, -0.15) is 0 Å². The minimum atomic E-state index is 0. The first kappa shape index (κ1) is 23.2. The maximum atomic E-state index is 13.0. The molecule has 6 heteroatoms. The number of hydrogen-bond donors (Lipinski definition) is 1. The Hall–Kier alpha value is -0.810. The van der Waals surface area contributed by atoms with Crippen LogP contribution in [0.4, 0.5) is 0 Å². The van der Waals surface area contributed by atoms with Crippen LogP contribution in [-0.4, -0.2) is 47.9 Å². The van der Waals surface area contributed by atoms with Crippen molar-refractivity contribution < 1.29 is 4.79 Å². The molecule has 0 saturated carbocycles. The van der Waals surface area contributed by atoms with E-state index in [1.54, 1.807) is 0 Å². The van der Waals surface area contributed by atoms with Gasteiger partial charge in [0.2, 0.25) is 5.91 Å². The Labute approximate surface area is 170 Å². The molecule has 0 aromatic heterocycles. The van der Waals surface area contributed by atoms with Gasteiger partial charge in [-0.3, -0.25) is 9.69 Å². The lowest BCUT2D eigenvalue weighted by molar-refractivity contribution is -0.141. The van der Waals surface area contributed by atoms with Crippen molar-refractivity contribution in [3.8, 4) is 0 Å². The van der Waals surface area contributed by atoms with Crippen molar-refractivity contribution in [3.05, 3.63) is 35.9 Å². The van der Waals surface area contributed by atoms with Gasteiger partial charge in [-0.1, -0.05) is 44.2 Å². The van der Waals surface area contributed by atoms with E-state index in [-0.39, 0.29) is 42.2 Å². The number of halogens is 2. The van der Waals surface area contributed by atoms with Gasteiger partial charge in [-0.25, -0.2) is 0 Å². The first-order valence-corrected chi connectivity index (χ1v) is 9.26. The van der Waals surface area contributed by atoms with Gasteiger partial charge in [0.25, 0.3) is 0 Å². The molecule has 0 aliphatic carbocycles. The Bertz CT molecular complexity index is 567. The van der Waals surface area contributed by atoms with Crippen LogP contribution in [0.15, 0.2) is 30.3 Å². The third-order valence-corrected chi connectivity index (χ3v) is 5.73. The maximum absolute atomic E-state index is 13.0. The van der Waals surface area contributed by atoms with Crippen LogP contribution >= 0.6 is 24.8 Å². The van der Waals surface area contributed by atoms with Crippen LogP contribution in [0, 0.1) is 11.3 Å². The van der Waals surface area contributed by atoms with E-state index < -0.39 is 0 Å².